The first-order valence-corrected chi connectivity index (χ1v) is 5.43. The summed E-state index contributed by atoms with van der Waals surface area (Å²) in [5, 5.41) is 0. The third-order valence-corrected chi connectivity index (χ3v) is 3.28. The van der Waals surface area contributed by atoms with Gasteiger partial charge in [0.05, 0.1) is 0 Å². The number of rotatable bonds is 1. The zero-order valence-corrected chi connectivity index (χ0v) is 8.71. The van der Waals surface area contributed by atoms with Crippen molar-refractivity contribution >= 4 is 0 Å². The van der Waals surface area contributed by atoms with Crippen LogP contribution in [0.1, 0.15) is 33.1 Å². The van der Waals surface area contributed by atoms with E-state index in [-0.39, 0.29) is 0 Å². The molecule has 1 saturated heterocycles. The monoisotopic (exact) mass is 177 g/mol. The van der Waals surface area contributed by atoms with Gasteiger partial charge in [0.15, 0.2) is 0 Å². The molecular weight excluding hydrogens is 158 g/mol. The van der Waals surface area contributed by atoms with Crippen molar-refractivity contribution in [2.75, 3.05) is 13.1 Å². The number of allylic oxidation sites excluding steroid dienone is 2. The highest BCUT2D eigenvalue weighted by molar-refractivity contribution is 5.37. The Bertz CT molecular complexity index is 250. The van der Waals surface area contributed by atoms with Gasteiger partial charge in [-0.05, 0) is 43.9 Å². The van der Waals surface area contributed by atoms with E-state index in [1.54, 1.807) is 11.1 Å². The molecule has 1 atom stereocenters. The molecule has 72 valence electrons. The van der Waals surface area contributed by atoms with Gasteiger partial charge in [-0.2, -0.15) is 0 Å². The van der Waals surface area contributed by atoms with E-state index in [4.69, 9.17) is 0 Å². The Balaban J connectivity index is 2.14. The molecule has 1 fully saturated rings. The molecule has 2 aliphatic rings. The van der Waals surface area contributed by atoms with Gasteiger partial charge in [0.1, 0.15) is 0 Å². The summed E-state index contributed by atoms with van der Waals surface area (Å²) in [5.74, 6) is 0. The second-order valence-electron chi connectivity index (χ2n) is 4.15. The fourth-order valence-electron chi connectivity index (χ4n) is 2.40. The summed E-state index contributed by atoms with van der Waals surface area (Å²) >= 11 is 0. The van der Waals surface area contributed by atoms with Gasteiger partial charge in [-0.3, -0.25) is 4.90 Å². The van der Waals surface area contributed by atoms with Crippen LogP contribution in [-0.4, -0.2) is 24.0 Å². The number of hydrogen-bond donors (Lipinski definition) is 0. The molecule has 13 heavy (non-hydrogen) atoms. The molecule has 0 saturated carbocycles. The van der Waals surface area contributed by atoms with Crippen LogP contribution in [-0.2, 0) is 0 Å². The standard InChI is InChI=1S/C12H19N/c1-3-13-9-12-7-5-4-6-11(12)8-10(13)2/h6-7,10H,3-5,8-9H2,1-2H3. The number of likely N-dealkylation sites (tertiary alicyclic amines) is 1. The van der Waals surface area contributed by atoms with E-state index >= 15 is 0 Å². The van der Waals surface area contributed by atoms with Gasteiger partial charge in [-0.15, -0.1) is 0 Å². The second kappa shape index (κ2) is 3.67. The molecule has 0 aromatic heterocycles. The van der Waals surface area contributed by atoms with Gasteiger partial charge in [-0.25, -0.2) is 0 Å². The van der Waals surface area contributed by atoms with Gasteiger partial charge < -0.3 is 0 Å². The first-order valence-electron chi connectivity index (χ1n) is 5.43. The molecule has 0 spiro atoms. The molecule has 1 nitrogen and oxygen atoms in total. The predicted molar refractivity (Wildman–Crippen MR) is 56.7 cm³/mol. The number of fused-ring (bicyclic) bond motifs is 1. The first kappa shape index (κ1) is 9.01. The van der Waals surface area contributed by atoms with Crippen LogP contribution in [0.25, 0.3) is 0 Å². The lowest BCUT2D eigenvalue weighted by atomic mass is 9.88. The lowest BCUT2D eigenvalue weighted by molar-refractivity contribution is 0.220. The summed E-state index contributed by atoms with van der Waals surface area (Å²) in [6.45, 7) is 6.97. The van der Waals surface area contributed by atoms with Crippen molar-refractivity contribution in [3.05, 3.63) is 23.3 Å². The van der Waals surface area contributed by atoms with Crippen LogP contribution in [0.15, 0.2) is 23.3 Å². The second-order valence-corrected chi connectivity index (χ2v) is 4.15. The van der Waals surface area contributed by atoms with Crippen LogP contribution in [0.2, 0.25) is 0 Å². The van der Waals surface area contributed by atoms with Crippen molar-refractivity contribution in [3.8, 4) is 0 Å². The van der Waals surface area contributed by atoms with Crippen LogP contribution in [0, 0.1) is 0 Å². The minimum absolute atomic E-state index is 0.742. The van der Waals surface area contributed by atoms with E-state index in [2.05, 4.69) is 30.9 Å². The van der Waals surface area contributed by atoms with Gasteiger partial charge in [-0.1, -0.05) is 19.1 Å². The molecule has 1 heteroatoms. The van der Waals surface area contributed by atoms with Crippen molar-refractivity contribution in [1.29, 1.82) is 0 Å². The van der Waals surface area contributed by atoms with Crippen LogP contribution < -0.4 is 0 Å². The number of nitrogens with zero attached hydrogens (tertiary/aromatic N) is 1. The summed E-state index contributed by atoms with van der Waals surface area (Å²) in [5.41, 5.74) is 3.23. The third-order valence-electron chi connectivity index (χ3n) is 3.28. The molecule has 1 unspecified atom stereocenters. The molecule has 1 aliphatic carbocycles. The molecule has 0 N–H and O–H groups in total. The largest absolute Gasteiger partial charge is 0.296 e. The maximum atomic E-state index is 2.56. The highest BCUT2D eigenvalue weighted by Crippen LogP contribution is 2.30. The number of likely N-dealkylation sites (N-methyl/N-ethyl adjacent to an activating group) is 1. The van der Waals surface area contributed by atoms with Crippen LogP contribution in [0.5, 0.6) is 0 Å². The van der Waals surface area contributed by atoms with E-state index in [1.165, 1.54) is 32.4 Å². The molecule has 0 radical (unpaired) electrons. The highest BCUT2D eigenvalue weighted by atomic mass is 15.2. The molecule has 0 aromatic carbocycles. The lowest BCUT2D eigenvalue weighted by Gasteiger charge is -2.36. The fraction of sp³-hybridized carbons (Fsp3) is 0.667. The Kier molecular flexibility index (Phi) is 2.54. The van der Waals surface area contributed by atoms with Crippen molar-refractivity contribution in [2.45, 2.75) is 39.2 Å². The number of piperidine rings is 1. The third kappa shape index (κ3) is 1.71. The molecular formula is C12H19N. The molecule has 0 aromatic rings. The van der Waals surface area contributed by atoms with E-state index in [9.17, 15) is 0 Å². The van der Waals surface area contributed by atoms with Crippen LogP contribution in [0.4, 0.5) is 0 Å². The fourth-order valence-corrected chi connectivity index (χ4v) is 2.40. The molecule has 0 amide bonds. The molecule has 2 rings (SSSR count). The maximum Gasteiger partial charge on any atom is 0.0236 e. The zero-order valence-electron chi connectivity index (χ0n) is 8.71. The highest BCUT2D eigenvalue weighted by Gasteiger charge is 2.23. The lowest BCUT2D eigenvalue weighted by Crippen LogP contribution is -2.39. The van der Waals surface area contributed by atoms with E-state index < -0.39 is 0 Å². The van der Waals surface area contributed by atoms with E-state index in [0.29, 0.717) is 0 Å². The Morgan fingerprint density at radius 3 is 2.69 bits per heavy atom. The first-order chi connectivity index (χ1) is 6.31. The maximum absolute atomic E-state index is 2.56. The Hall–Kier alpha value is -0.560. The number of hydrogen-bond acceptors (Lipinski definition) is 1. The average Bonchev–Trinajstić information content (AvgIpc) is 2.17. The van der Waals surface area contributed by atoms with Gasteiger partial charge in [0.25, 0.3) is 0 Å². The molecule has 0 bridgehead atoms. The predicted octanol–water partition coefficient (Wildman–Crippen LogP) is 2.75. The van der Waals surface area contributed by atoms with Gasteiger partial charge in [0.2, 0.25) is 0 Å². The minimum atomic E-state index is 0.742. The topological polar surface area (TPSA) is 3.24 Å². The Morgan fingerprint density at radius 1 is 1.31 bits per heavy atom. The summed E-state index contributed by atoms with van der Waals surface area (Å²) in [6, 6.07) is 0.742. The average molecular weight is 177 g/mol. The summed E-state index contributed by atoms with van der Waals surface area (Å²) in [6.07, 6.45) is 8.66. The van der Waals surface area contributed by atoms with E-state index in [0.717, 1.165) is 6.04 Å². The van der Waals surface area contributed by atoms with Gasteiger partial charge in [0, 0.05) is 12.6 Å². The zero-order chi connectivity index (χ0) is 9.26. The van der Waals surface area contributed by atoms with Crippen molar-refractivity contribution in [1.82, 2.24) is 4.90 Å². The Morgan fingerprint density at radius 2 is 2.00 bits per heavy atom. The molecule has 1 heterocycles. The summed E-state index contributed by atoms with van der Waals surface area (Å²) in [7, 11) is 0. The van der Waals surface area contributed by atoms with Gasteiger partial charge >= 0.3 is 0 Å². The Labute approximate surface area is 81.1 Å². The van der Waals surface area contributed by atoms with Crippen molar-refractivity contribution in [2.24, 2.45) is 0 Å². The minimum Gasteiger partial charge on any atom is -0.296 e. The van der Waals surface area contributed by atoms with Crippen LogP contribution >= 0.6 is 0 Å². The summed E-state index contributed by atoms with van der Waals surface area (Å²) in [4.78, 5) is 2.56. The van der Waals surface area contributed by atoms with Crippen molar-refractivity contribution in [3.63, 3.8) is 0 Å². The van der Waals surface area contributed by atoms with Crippen molar-refractivity contribution < 1.29 is 0 Å². The van der Waals surface area contributed by atoms with E-state index in [1.807, 2.05) is 0 Å². The summed E-state index contributed by atoms with van der Waals surface area (Å²) < 4.78 is 0. The normalized spacial score (nSPS) is 29.2. The van der Waals surface area contributed by atoms with Crippen LogP contribution in [0.3, 0.4) is 0 Å². The quantitative estimate of drug-likeness (QED) is 0.595. The smallest absolute Gasteiger partial charge is 0.0236 e. The molecule has 1 aliphatic heterocycles. The SMILES string of the molecule is CCN1CC2=CCCC=C2CC1C.